The third-order valence-corrected chi connectivity index (χ3v) is 5.39. The summed E-state index contributed by atoms with van der Waals surface area (Å²) in [6.07, 6.45) is 2.99. The van der Waals surface area contributed by atoms with E-state index in [9.17, 15) is 13.2 Å². The number of hydroxylamine groups is 2. The second kappa shape index (κ2) is 6.50. The zero-order valence-electron chi connectivity index (χ0n) is 12.9. The summed E-state index contributed by atoms with van der Waals surface area (Å²) in [5.41, 5.74) is 1.11. The number of hydrogen-bond acceptors (Lipinski definition) is 4. The van der Waals surface area contributed by atoms with Crippen LogP contribution in [0.2, 0.25) is 0 Å². The van der Waals surface area contributed by atoms with Gasteiger partial charge in [-0.3, -0.25) is 13.9 Å². The number of nitrogens with zero attached hydrogens (tertiary/aromatic N) is 2. The van der Waals surface area contributed by atoms with E-state index in [1.54, 1.807) is 30.3 Å². The van der Waals surface area contributed by atoms with Gasteiger partial charge in [0.2, 0.25) is 0 Å². The lowest BCUT2D eigenvalue weighted by Gasteiger charge is -2.30. The van der Waals surface area contributed by atoms with Crippen molar-refractivity contribution >= 4 is 15.9 Å². The van der Waals surface area contributed by atoms with E-state index in [1.807, 2.05) is 6.92 Å². The molecule has 1 heterocycles. The molecule has 0 saturated carbocycles. The minimum absolute atomic E-state index is 0.135. The first-order valence-corrected chi connectivity index (χ1v) is 8.43. The second-order valence-electron chi connectivity index (χ2n) is 5.11. The average Bonchev–Trinajstić information content (AvgIpc) is 2.53. The predicted molar refractivity (Wildman–Crippen MR) is 82.2 cm³/mol. The summed E-state index contributed by atoms with van der Waals surface area (Å²) in [4.78, 5) is 17.3. The zero-order chi connectivity index (χ0) is 16.3. The minimum atomic E-state index is -3.75. The molecule has 0 aliphatic carbocycles. The monoisotopic (exact) mass is 324 g/mol. The second-order valence-corrected chi connectivity index (χ2v) is 6.97. The fourth-order valence-corrected chi connectivity index (χ4v) is 3.74. The van der Waals surface area contributed by atoms with Crippen LogP contribution < -0.4 is 0 Å². The summed E-state index contributed by atoms with van der Waals surface area (Å²) in [7, 11) is -0.939. The highest BCUT2D eigenvalue weighted by molar-refractivity contribution is 7.89. The molecule has 2 rings (SSSR count). The lowest BCUT2D eigenvalue weighted by Crippen LogP contribution is -2.41. The maximum atomic E-state index is 12.8. The van der Waals surface area contributed by atoms with E-state index >= 15 is 0 Å². The van der Waals surface area contributed by atoms with E-state index in [1.165, 1.54) is 18.5 Å². The molecular weight excluding hydrogens is 304 g/mol. The lowest BCUT2D eigenvalue weighted by molar-refractivity contribution is -0.165. The molecular formula is C15H20N2O4S. The van der Waals surface area contributed by atoms with Gasteiger partial charge in [0.25, 0.3) is 15.9 Å². The summed E-state index contributed by atoms with van der Waals surface area (Å²) < 4.78 is 26.8. The summed E-state index contributed by atoms with van der Waals surface area (Å²) in [5, 5.41) is 1.02. The SMILES string of the molecule is CON(C)C(=O)C1=CCCCN1S(=O)(=O)c1ccc(C)cc1. The average molecular weight is 324 g/mol. The van der Waals surface area contributed by atoms with Gasteiger partial charge in [-0.25, -0.2) is 13.5 Å². The summed E-state index contributed by atoms with van der Waals surface area (Å²) in [6, 6.07) is 6.59. The Morgan fingerprint density at radius 3 is 2.50 bits per heavy atom. The van der Waals surface area contributed by atoms with Crippen molar-refractivity contribution in [3.8, 4) is 0 Å². The Hall–Kier alpha value is -1.86. The molecule has 0 fully saturated rings. The van der Waals surface area contributed by atoms with Crippen molar-refractivity contribution in [2.75, 3.05) is 20.7 Å². The van der Waals surface area contributed by atoms with E-state index in [-0.39, 0.29) is 17.1 Å². The van der Waals surface area contributed by atoms with Crippen molar-refractivity contribution in [1.29, 1.82) is 0 Å². The maximum absolute atomic E-state index is 12.8. The summed E-state index contributed by atoms with van der Waals surface area (Å²) >= 11 is 0. The van der Waals surface area contributed by atoms with Gasteiger partial charge in [-0.2, -0.15) is 0 Å². The third kappa shape index (κ3) is 3.15. The van der Waals surface area contributed by atoms with Crippen LogP contribution in [-0.2, 0) is 19.7 Å². The van der Waals surface area contributed by atoms with Gasteiger partial charge < -0.3 is 0 Å². The molecule has 1 aliphatic rings. The van der Waals surface area contributed by atoms with Crippen LogP contribution in [0.4, 0.5) is 0 Å². The summed E-state index contributed by atoms with van der Waals surface area (Å²) in [5.74, 6) is -0.474. The molecule has 1 amide bonds. The van der Waals surface area contributed by atoms with Gasteiger partial charge in [-0.1, -0.05) is 23.8 Å². The highest BCUT2D eigenvalue weighted by atomic mass is 32.2. The van der Waals surface area contributed by atoms with Crippen molar-refractivity contribution in [2.24, 2.45) is 0 Å². The number of benzene rings is 1. The molecule has 0 spiro atoms. The molecule has 0 N–H and O–H groups in total. The molecule has 1 aromatic rings. The molecule has 0 atom stereocenters. The molecule has 1 aliphatic heterocycles. The van der Waals surface area contributed by atoms with Crippen LogP contribution in [0.1, 0.15) is 18.4 Å². The van der Waals surface area contributed by atoms with Gasteiger partial charge in [0.15, 0.2) is 0 Å². The number of sulfonamides is 1. The molecule has 0 saturated heterocycles. The molecule has 0 bridgehead atoms. The Kier molecular flexibility index (Phi) is 4.87. The van der Waals surface area contributed by atoms with Crippen molar-refractivity contribution < 1.29 is 18.0 Å². The molecule has 0 radical (unpaired) electrons. The fraction of sp³-hybridized carbons (Fsp3) is 0.400. The number of rotatable bonds is 4. The number of carbonyl (C=O) groups excluding carboxylic acids is 1. The zero-order valence-corrected chi connectivity index (χ0v) is 13.8. The van der Waals surface area contributed by atoms with Gasteiger partial charge in [0.05, 0.1) is 12.0 Å². The van der Waals surface area contributed by atoms with Crippen molar-refractivity contribution in [2.45, 2.75) is 24.7 Å². The maximum Gasteiger partial charge on any atom is 0.294 e. The standard InChI is InChI=1S/C15H20N2O4S/c1-12-7-9-13(10-8-12)22(19,20)17-11-5-4-6-14(17)15(18)16(2)21-3/h6-10H,4-5,11H2,1-3H3. The number of amides is 1. The third-order valence-electron chi connectivity index (χ3n) is 3.56. The normalized spacial score (nSPS) is 15.4. The van der Waals surface area contributed by atoms with E-state index in [0.29, 0.717) is 12.8 Å². The van der Waals surface area contributed by atoms with Gasteiger partial charge >= 0.3 is 0 Å². The van der Waals surface area contributed by atoms with Crippen molar-refractivity contribution in [3.05, 3.63) is 41.6 Å². The Morgan fingerprint density at radius 1 is 1.27 bits per heavy atom. The quantitative estimate of drug-likeness (QED) is 0.790. The molecule has 0 aromatic heterocycles. The van der Waals surface area contributed by atoms with Gasteiger partial charge in [-0.15, -0.1) is 0 Å². The smallest absolute Gasteiger partial charge is 0.274 e. The first-order chi connectivity index (χ1) is 10.4. The van der Waals surface area contributed by atoms with E-state index in [2.05, 4.69) is 0 Å². The van der Waals surface area contributed by atoms with Crippen LogP contribution in [-0.4, -0.2) is 44.4 Å². The predicted octanol–water partition coefficient (Wildman–Crippen LogP) is 1.68. The molecule has 7 heteroatoms. The van der Waals surface area contributed by atoms with Gasteiger partial charge in [0.1, 0.15) is 5.70 Å². The molecule has 6 nitrogen and oxygen atoms in total. The van der Waals surface area contributed by atoms with E-state index in [4.69, 9.17) is 4.84 Å². The van der Waals surface area contributed by atoms with Gasteiger partial charge in [-0.05, 0) is 31.9 Å². The molecule has 1 aromatic carbocycles. The number of aryl methyl sites for hydroxylation is 1. The van der Waals surface area contributed by atoms with Crippen molar-refractivity contribution in [1.82, 2.24) is 9.37 Å². The van der Waals surface area contributed by atoms with Gasteiger partial charge in [0, 0.05) is 13.6 Å². The fourth-order valence-electron chi connectivity index (χ4n) is 2.22. The van der Waals surface area contributed by atoms with Crippen LogP contribution in [0.15, 0.2) is 40.9 Å². The van der Waals surface area contributed by atoms with Crippen LogP contribution in [0.5, 0.6) is 0 Å². The van der Waals surface area contributed by atoms with Crippen LogP contribution >= 0.6 is 0 Å². The van der Waals surface area contributed by atoms with Crippen LogP contribution in [0.25, 0.3) is 0 Å². The van der Waals surface area contributed by atoms with E-state index in [0.717, 1.165) is 10.6 Å². The number of carbonyl (C=O) groups is 1. The number of allylic oxidation sites excluding steroid dienone is 1. The Balaban J connectivity index is 2.40. The first kappa shape index (κ1) is 16.5. The van der Waals surface area contributed by atoms with E-state index < -0.39 is 15.9 Å². The Labute approximate surface area is 131 Å². The largest absolute Gasteiger partial charge is 0.294 e. The minimum Gasteiger partial charge on any atom is -0.274 e. The summed E-state index contributed by atoms with van der Waals surface area (Å²) in [6.45, 7) is 2.17. The molecule has 0 unspecified atom stereocenters. The molecule has 120 valence electrons. The Morgan fingerprint density at radius 2 is 1.91 bits per heavy atom. The van der Waals surface area contributed by atoms with Crippen LogP contribution in [0, 0.1) is 6.92 Å². The first-order valence-electron chi connectivity index (χ1n) is 6.99. The number of hydrogen-bond donors (Lipinski definition) is 0. The Bertz CT molecular complexity index is 680. The highest BCUT2D eigenvalue weighted by Gasteiger charge is 2.32. The highest BCUT2D eigenvalue weighted by Crippen LogP contribution is 2.25. The number of likely N-dealkylation sites (N-methyl/N-ethyl adjacent to an activating group) is 1. The topological polar surface area (TPSA) is 66.9 Å². The van der Waals surface area contributed by atoms with Crippen LogP contribution in [0.3, 0.4) is 0 Å². The lowest BCUT2D eigenvalue weighted by atomic mass is 10.2. The molecule has 22 heavy (non-hydrogen) atoms. The van der Waals surface area contributed by atoms with Crippen molar-refractivity contribution in [3.63, 3.8) is 0 Å².